The molecule has 0 radical (unpaired) electrons. The molecule has 0 unspecified atom stereocenters. The summed E-state index contributed by atoms with van der Waals surface area (Å²) < 4.78 is 29.7. The van der Waals surface area contributed by atoms with Gasteiger partial charge in [-0.3, -0.25) is 0 Å². The highest BCUT2D eigenvalue weighted by Crippen LogP contribution is 2.20. The predicted octanol–water partition coefficient (Wildman–Crippen LogP) is 3.42. The molecule has 158 valence electrons. The molecule has 0 aliphatic heterocycles. The molecule has 0 saturated heterocycles. The predicted molar refractivity (Wildman–Crippen MR) is 113 cm³/mol. The van der Waals surface area contributed by atoms with E-state index in [0.29, 0.717) is 38.8 Å². The number of hydrogen-bond donors (Lipinski definition) is 2. The molecular formula is C22H30FN3O3. The van der Waals surface area contributed by atoms with E-state index >= 15 is 0 Å². The van der Waals surface area contributed by atoms with Crippen molar-refractivity contribution in [3.63, 3.8) is 0 Å². The number of halogens is 1. The highest BCUT2D eigenvalue weighted by molar-refractivity contribution is 5.79. The fourth-order valence-corrected chi connectivity index (χ4v) is 2.68. The van der Waals surface area contributed by atoms with Gasteiger partial charge in [-0.05, 0) is 43.2 Å². The van der Waals surface area contributed by atoms with Gasteiger partial charge in [0.2, 0.25) is 0 Å². The summed E-state index contributed by atoms with van der Waals surface area (Å²) in [4.78, 5) is 4.54. The third-order valence-electron chi connectivity index (χ3n) is 4.19. The van der Waals surface area contributed by atoms with Crippen LogP contribution >= 0.6 is 0 Å². The van der Waals surface area contributed by atoms with E-state index in [9.17, 15) is 4.39 Å². The van der Waals surface area contributed by atoms with Crippen molar-refractivity contribution >= 4 is 5.96 Å². The number of ether oxygens (including phenoxy) is 3. The largest absolute Gasteiger partial charge is 0.494 e. The van der Waals surface area contributed by atoms with Crippen molar-refractivity contribution in [2.24, 2.45) is 4.99 Å². The zero-order chi connectivity index (χ0) is 21.1. The van der Waals surface area contributed by atoms with Gasteiger partial charge in [0.15, 0.2) is 17.5 Å². The van der Waals surface area contributed by atoms with Crippen LogP contribution in [0, 0.1) is 12.7 Å². The van der Waals surface area contributed by atoms with Crippen LogP contribution in [0.3, 0.4) is 0 Å². The van der Waals surface area contributed by atoms with Crippen molar-refractivity contribution in [1.29, 1.82) is 0 Å². The first-order valence-corrected chi connectivity index (χ1v) is 9.63. The maximum absolute atomic E-state index is 13.9. The van der Waals surface area contributed by atoms with E-state index in [0.717, 1.165) is 22.4 Å². The van der Waals surface area contributed by atoms with Gasteiger partial charge in [-0.25, -0.2) is 9.38 Å². The fraction of sp³-hybridized carbons (Fsp3) is 0.409. The summed E-state index contributed by atoms with van der Waals surface area (Å²) in [6.07, 6.45) is 0. The molecule has 0 aromatic heterocycles. The molecular weight excluding hydrogens is 373 g/mol. The second kappa shape index (κ2) is 11.9. The number of nitrogens with one attached hydrogen (secondary N) is 2. The summed E-state index contributed by atoms with van der Waals surface area (Å²) in [6.45, 7) is 6.66. The summed E-state index contributed by atoms with van der Waals surface area (Å²) in [6, 6.07) is 10.9. The van der Waals surface area contributed by atoms with Crippen molar-refractivity contribution in [3.05, 3.63) is 58.9 Å². The van der Waals surface area contributed by atoms with Gasteiger partial charge in [0.25, 0.3) is 0 Å². The van der Waals surface area contributed by atoms with Crippen molar-refractivity contribution in [2.75, 3.05) is 34.0 Å². The first kappa shape index (κ1) is 22.5. The molecule has 0 bridgehead atoms. The topological polar surface area (TPSA) is 64.1 Å². The lowest BCUT2D eigenvalue weighted by atomic mass is 10.1. The van der Waals surface area contributed by atoms with Gasteiger partial charge in [-0.1, -0.05) is 18.2 Å². The number of aryl methyl sites for hydroxylation is 1. The second-order valence-corrected chi connectivity index (χ2v) is 6.47. The van der Waals surface area contributed by atoms with Gasteiger partial charge in [0.1, 0.15) is 12.4 Å². The van der Waals surface area contributed by atoms with E-state index in [4.69, 9.17) is 14.2 Å². The van der Waals surface area contributed by atoms with Crippen molar-refractivity contribution < 1.29 is 18.6 Å². The molecule has 0 fully saturated rings. The number of guanidine groups is 1. The molecule has 0 heterocycles. The number of nitrogens with zero attached hydrogens (tertiary/aromatic N) is 1. The van der Waals surface area contributed by atoms with E-state index in [2.05, 4.69) is 15.6 Å². The van der Waals surface area contributed by atoms with Crippen LogP contribution in [0.2, 0.25) is 0 Å². The standard InChI is InChI=1S/C22H30FN3O3/c1-5-24-22(25-14-17-7-9-20(28-4)19(23)13-17)26-15-18-8-6-16(2)12-21(18)29-11-10-27-3/h6-9,12-13H,5,10-11,14-15H2,1-4H3,(H2,24,25,26). The first-order chi connectivity index (χ1) is 14.1. The third kappa shape index (κ3) is 7.27. The summed E-state index contributed by atoms with van der Waals surface area (Å²) in [5, 5.41) is 6.51. The van der Waals surface area contributed by atoms with Gasteiger partial charge in [-0.2, -0.15) is 0 Å². The molecule has 2 aromatic carbocycles. The number of methoxy groups -OCH3 is 2. The Labute approximate surface area is 172 Å². The lowest BCUT2D eigenvalue weighted by molar-refractivity contribution is 0.145. The smallest absolute Gasteiger partial charge is 0.191 e. The molecule has 2 aromatic rings. The van der Waals surface area contributed by atoms with Crippen LogP contribution in [0.5, 0.6) is 11.5 Å². The highest BCUT2D eigenvalue weighted by atomic mass is 19.1. The Morgan fingerprint density at radius 1 is 1.03 bits per heavy atom. The minimum atomic E-state index is -0.393. The Balaban J connectivity index is 2.05. The van der Waals surface area contributed by atoms with E-state index in [1.54, 1.807) is 19.2 Å². The summed E-state index contributed by atoms with van der Waals surface area (Å²) >= 11 is 0. The van der Waals surface area contributed by atoms with E-state index in [1.807, 2.05) is 32.0 Å². The molecule has 6 nitrogen and oxygen atoms in total. The Bertz CT molecular complexity index is 812. The molecule has 7 heteroatoms. The number of rotatable bonds is 10. The Kier molecular flexibility index (Phi) is 9.24. The van der Waals surface area contributed by atoms with Crippen molar-refractivity contribution in [2.45, 2.75) is 26.9 Å². The Morgan fingerprint density at radius 3 is 2.55 bits per heavy atom. The number of aliphatic imine (C=N–C) groups is 1. The minimum Gasteiger partial charge on any atom is -0.494 e. The van der Waals surface area contributed by atoms with E-state index in [1.165, 1.54) is 13.2 Å². The number of hydrogen-bond acceptors (Lipinski definition) is 4. The molecule has 0 atom stereocenters. The third-order valence-corrected chi connectivity index (χ3v) is 4.19. The highest BCUT2D eigenvalue weighted by Gasteiger charge is 2.07. The Hall–Kier alpha value is -2.80. The maximum atomic E-state index is 13.9. The maximum Gasteiger partial charge on any atom is 0.191 e. The average molecular weight is 403 g/mol. The van der Waals surface area contributed by atoms with Crippen molar-refractivity contribution in [1.82, 2.24) is 10.6 Å². The van der Waals surface area contributed by atoms with Gasteiger partial charge in [0, 0.05) is 25.8 Å². The monoisotopic (exact) mass is 403 g/mol. The normalized spacial score (nSPS) is 11.3. The summed E-state index contributed by atoms with van der Waals surface area (Å²) in [5.41, 5.74) is 2.91. The van der Waals surface area contributed by atoms with Gasteiger partial charge in [0.05, 0.1) is 20.3 Å². The zero-order valence-electron chi connectivity index (χ0n) is 17.5. The van der Waals surface area contributed by atoms with Gasteiger partial charge < -0.3 is 24.8 Å². The van der Waals surface area contributed by atoms with Gasteiger partial charge >= 0.3 is 0 Å². The van der Waals surface area contributed by atoms with Crippen LogP contribution in [0.1, 0.15) is 23.6 Å². The lowest BCUT2D eigenvalue weighted by Gasteiger charge is -2.15. The van der Waals surface area contributed by atoms with E-state index < -0.39 is 5.82 Å². The molecule has 2 rings (SSSR count). The molecule has 0 aliphatic rings. The molecule has 0 saturated carbocycles. The molecule has 2 N–H and O–H groups in total. The molecule has 0 amide bonds. The summed E-state index contributed by atoms with van der Waals surface area (Å²) in [7, 11) is 3.09. The number of benzene rings is 2. The second-order valence-electron chi connectivity index (χ2n) is 6.47. The molecule has 0 spiro atoms. The van der Waals surface area contributed by atoms with Crippen LogP contribution in [-0.2, 0) is 17.8 Å². The SMILES string of the molecule is CCNC(=NCc1ccc(OC)c(F)c1)NCc1ccc(C)cc1OCCOC. The summed E-state index contributed by atoms with van der Waals surface area (Å²) in [5.74, 6) is 1.30. The lowest BCUT2D eigenvalue weighted by Crippen LogP contribution is -2.36. The van der Waals surface area contributed by atoms with Gasteiger partial charge in [-0.15, -0.1) is 0 Å². The van der Waals surface area contributed by atoms with Crippen LogP contribution in [0.15, 0.2) is 41.4 Å². The Morgan fingerprint density at radius 2 is 1.86 bits per heavy atom. The molecule has 29 heavy (non-hydrogen) atoms. The minimum absolute atomic E-state index is 0.225. The fourth-order valence-electron chi connectivity index (χ4n) is 2.68. The van der Waals surface area contributed by atoms with E-state index in [-0.39, 0.29) is 5.75 Å². The van der Waals surface area contributed by atoms with Crippen LogP contribution in [0.25, 0.3) is 0 Å². The van der Waals surface area contributed by atoms with Crippen LogP contribution in [0.4, 0.5) is 4.39 Å². The van der Waals surface area contributed by atoms with Crippen LogP contribution in [-0.4, -0.2) is 39.9 Å². The quantitative estimate of drug-likeness (QED) is 0.362. The van der Waals surface area contributed by atoms with Crippen molar-refractivity contribution in [3.8, 4) is 11.5 Å². The molecule has 0 aliphatic carbocycles. The zero-order valence-corrected chi connectivity index (χ0v) is 17.5. The van der Waals surface area contributed by atoms with Crippen LogP contribution < -0.4 is 20.1 Å². The average Bonchev–Trinajstić information content (AvgIpc) is 2.71. The first-order valence-electron chi connectivity index (χ1n) is 9.63.